The number of aryl methyl sites for hydroxylation is 1. The molecule has 6 nitrogen and oxygen atoms in total. The van der Waals surface area contributed by atoms with Gasteiger partial charge in [-0.2, -0.15) is 0 Å². The van der Waals surface area contributed by atoms with Crippen molar-refractivity contribution in [2.24, 2.45) is 5.73 Å². The highest BCUT2D eigenvalue weighted by Gasteiger charge is 2.51. The van der Waals surface area contributed by atoms with Crippen LogP contribution in [0.4, 0.5) is 0 Å². The van der Waals surface area contributed by atoms with Gasteiger partial charge in [-0.05, 0) is 24.8 Å². The Labute approximate surface area is 140 Å². The highest BCUT2D eigenvalue weighted by molar-refractivity contribution is 5.91. The Morgan fingerprint density at radius 2 is 2.00 bits per heavy atom. The zero-order valence-corrected chi connectivity index (χ0v) is 13.4. The number of amides is 2. The summed E-state index contributed by atoms with van der Waals surface area (Å²) < 4.78 is 0. The van der Waals surface area contributed by atoms with E-state index >= 15 is 0 Å². The lowest BCUT2D eigenvalue weighted by Gasteiger charge is -2.35. The van der Waals surface area contributed by atoms with Gasteiger partial charge in [-0.3, -0.25) is 19.6 Å². The van der Waals surface area contributed by atoms with Gasteiger partial charge in [0.15, 0.2) is 5.54 Å². The quantitative estimate of drug-likeness (QED) is 0.900. The van der Waals surface area contributed by atoms with E-state index in [0.29, 0.717) is 31.5 Å². The molecule has 1 fully saturated rings. The second kappa shape index (κ2) is 6.78. The molecule has 0 aliphatic carbocycles. The average molecular weight is 324 g/mol. The van der Waals surface area contributed by atoms with E-state index < -0.39 is 11.4 Å². The predicted molar refractivity (Wildman–Crippen MR) is 88.6 cm³/mol. The number of nitrogens with zero attached hydrogens (tertiary/aromatic N) is 3. The topological polar surface area (TPSA) is 89.2 Å². The second-order valence-electron chi connectivity index (χ2n) is 5.95. The van der Waals surface area contributed by atoms with E-state index in [4.69, 9.17) is 5.73 Å². The number of likely N-dealkylation sites (tertiary alicyclic amines) is 1. The van der Waals surface area contributed by atoms with Crippen LogP contribution in [0.5, 0.6) is 0 Å². The summed E-state index contributed by atoms with van der Waals surface area (Å²) in [5.74, 6) is -0.630. The molecular weight excluding hydrogens is 304 g/mol. The van der Waals surface area contributed by atoms with Crippen LogP contribution in [0.15, 0.2) is 48.9 Å². The van der Waals surface area contributed by atoms with Crippen molar-refractivity contribution in [3.63, 3.8) is 0 Å². The van der Waals surface area contributed by atoms with E-state index in [1.807, 2.05) is 30.3 Å². The first kappa shape index (κ1) is 16.1. The molecule has 0 unspecified atom stereocenters. The fraction of sp³-hybridized carbons (Fsp3) is 0.333. The average Bonchev–Trinajstić information content (AvgIpc) is 3.07. The molecule has 2 N–H and O–H groups in total. The number of carbonyl (C=O) groups excluding carboxylic acids is 2. The number of rotatable bonds is 5. The molecule has 0 spiro atoms. The molecular formula is C18H20N4O2. The smallest absolute Gasteiger partial charge is 0.249 e. The Hall–Kier alpha value is -2.76. The van der Waals surface area contributed by atoms with Crippen LogP contribution in [-0.4, -0.2) is 33.2 Å². The maximum Gasteiger partial charge on any atom is 0.249 e. The predicted octanol–water partition coefficient (Wildman–Crippen LogP) is 1.41. The van der Waals surface area contributed by atoms with Crippen molar-refractivity contribution in [2.75, 3.05) is 6.54 Å². The maximum atomic E-state index is 12.8. The zero-order valence-electron chi connectivity index (χ0n) is 13.4. The number of nitrogens with two attached hydrogens (primary N) is 1. The molecule has 1 atom stereocenters. The van der Waals surface area contributed by atoms with Crippen molar-refractivity contribution >= 4 is 11.8 Å². The Balaban J connectivity index is 1.82. The van der Waals surface area contributed by atoms with Crippen molar-refractivity contribution in [1.82, 2.24) is 14.9 Å². The van der Waals surface area contributed by atoms with Gasteiger partial charge in [0.1, 0.15) is 0 Å². The van der Waals surface area contributed by atoms with E-state index in [-0.39, 0.29) is 5.91 Å². The van der Waals surface area contributed by atoms with Crippen molar-refractivity contribution < 1.29 is 9.59 Å². The summed E-state index contributed by atoms with van der Waals surface area (Å²) in [5, 5.41) is 0. The Kier molecular flexibility index (Phi) is 4.55. The van der Waals surface area contributed by atoms with Crippen LogP contribution in [-0.2, 0) is 21.5 Å². The molecule has 0 radical (unpaired) electrons. The van der Waals surface area contributed by atoms with Gasteiger partial charge in [0.2, 0.25) is 11.8 Å². The minimum Gasteiger partial charge on any atom is -0.367 e. The second-order valence-corrected chi connectivity index (χ2v) is 5.95. The third-order valence-electron chi connectivity index (χ3n) is 4.55. The van der Waals surface area contributed by atoms with Gasteiger partial charge in [-0.25, -0.2) is 0 Å². The normalized spacial score (nSPS) is 20.1. The number of carbonyl (C=O) groups is 2. The summed E-state index contributed by atoms with van der Waals surface area (Å²) >= 11 is 0. The first-order chi connectivity index (χ1) is 11.6. The van der Waals surface area contributed by atoms with E-state index in [0.717, 1.165) is 12.0 Å². The Morgan fingerprint density at radius 1 is 1.21 bits per heavy atom. The lowest BCUT2D eigenvalue weighted by Crippen LogP contribution is -2.54. The summed E-state index contributed by atoms with van der Waals surface area (Å²) in [7, 11) is 0. The highest BCUT2D eigenvalue weighted by Crippen LogP contribution is 2.38. The van der Waals surface area contributed by atoms with Gasteiger partial charge in [0.25, 0.3) is 0 Å². The standard InChI is InChI=1S/C18H20N4O2/c19-17(24)18(15-13-20-10-11-21-15)9-4-12-22(18)16(23)8-7-14-5-2-1-3-6-14/h1-3,5-6,10-11,13H,4,7-9,12H2,(H2,19,24)/t18-/m0/s1. The van der Waals surface area contributed by atoms with Crippen LogP contribution in [0.3, 0.4) is 0 Å². The first-order valence-corrected chi connectivity index (χ1v) is 8.05. The molecule has 1 saturated heterocycles. The minimum absolute atomic E-state index is 0.0826. The summed E-state index contributed by atoms with van der Waals surface area (Å²) in [6.45, 7) is 0.507. The largest absolute Gasteiger partial charge is 0.367 e. The van der Waals surface area contributed by atoms with Gasteiger partial charge >= 0.3 is 0 Å². The molecule has 1 aromatic carbocycles. The maximum absolute atomic E-state index is 12.8. The molecule has 2 amide bonds. The Morgan fingerprint density at radius 3 is 2.67 bits per heavy atom. The lowest BCUT2D eigenvalue weighted by atomic mass is 9.90. The third-order valence-corrected chi connectivity index (χ3v) is 4.55. The molecule has 2 aromatic rings. The molecule has 124 valence electrons. The highest BCUT2D eigenvalue weighted by atomic mass is 16.2. The molecule has 2 heterocycles. The van der Waals surface area contributed by atoms with Crippen LogP contribution in [0.25, 0.3) is 0 Å². The van der Waals surface area contributed by atoms with E-state index in [2.05, 4.69) is 9.97 Å². The van der Waals surface area contributed by atoms with Gasteiger partial charge in [-0.1, -0.05) is 30.3 Å². The molecule has 1 aliphatic rings. The van der Waals surface area contributed by atoms with Crippen LogP contribution in [0.1, 0.15) is 30.5 Å². The molecule has 1 aromatic heterocycles. The summed E-state index contributed by atoms with van der Waals surface area (Å²) in [6, 6.07) is 9.81. The summed E-state index contributed by atoms with van der Waals surface area (Å²) in [5.41, 5.74) is 6.06. The van der Waals surface area contributed by atoms with Gasteiger partial charge in [-0.15, -0.1) is 0 Å². The lowest BCUT2D eigenvalue weighted by molar-refractivity contribution is -0.144. The van der Waals surface area contributed by atoms with Crippen LogP contribution in [0.2, 0.25) is 0 Å². The summed E-state index contributed by atoms with van der Waals surface area (Å²) in [6.07, 6.45) is 6.74. The molecule has 6 heteroatoms. The molecule has 3 rings (SSSR count). The van der Waals surface area contributed by atoms with Crippen molar-refractivity contribution in [3.05, 3.63) is 60.2 Å². The molecule has 24 heavy (non-hydrogen) atoms. The number of primary amides is 1. The third kappa shape index (κ3) is 2.87. The van der Waals surface area contributed by atoms with Crippen molar-refractivity contribution in [3.8, 4) is 0 Å². The van der Waals surface area contributed by atoms with Crippen LogP contribution >= 0.6 is 0 Å². The molecule has 0 bridgehead atoms. The van der Waals surface area contributed by atoms with Crippen LogP contribution in [0, 0.1) is 0 Å². The van der Waals surface area contributed by atoms with Gasteiger partial charge in [0, 0.05) is 25.4 Å². The number of hydrogen-bond acceptors (Lipinski definition) is 4. The fourth-order valence-corrected chi connectivity index (χ4v) is 3.35. The SMILES string of the molecule is NC(=O)[C@@]1(c2cnccn2)CCCN1C(=O)CCc1ccccc1. The summed E-state index contributed by atoms with van der Waals surface area (Å²) in [4.78, 5) is 34.9. The zero-order chi connectivity index (χ0) is 17.0. The molecule has 0 saturated carbocycles. The number of hydrogen-bond donors (Lipinski definition) is 1. The number of benzene rings is 1. The van der Waals surface area contributed by atoms with Crippen molar-refractivity contribution in [1.29, 1.82) is 0 Å². The van der Waals surface area contributed by atoms with Crippen LogP contribution < -0.4 is 5.73 Å². The minimum atomic E-state index is -1.18. The Bertz CT molecular complexity index is 720. The van der Waals surface area contributed by atoms with Gasteiger partial charge < -0.3 is 10.6 Å². The number of aromatic nitrogens is 2. The first-order valence-electron chi connectivity index (χ1n) is 8.05. The van der Waals surface area contributed by atoms with Crippen molar-refractivity contribution in [2.45, 2.75) is 31.2 Å². The van der Waals surface area contributed by atoms with E-state index in [1.54, 1.807) is 4.90 Å². The van der Waals surface area contributed by atoms with Gasteiger partial charge in [0.05, 0.1) is 11.9 Å². The monoisotopic (exact) mass is 324 g/mol. The van der Waals surface area contributed by atoms with E-state index in [9.17, 15) is 9.59 Å². The fourth-order valence-electron chi connectivity index (χ4n) is 3.35. The van der Waals surface area contributed by atoms with E-state index in [1.165, 1.54) is 18.6 Å². The molecule has 1 aliphatic heterocycles.